The first-order valence-corrected chi connectivity index (χ1v) is 8.41. The number of hydrogen-bond acceptors (Lipinski definition) is 2. The number of likely N-dealkylation sites (N-methyl/N-ethyl adjacent to an activating group) is 1. The third-order valence-electron chi connectivity index (χ3n) is 4.82. The maximum absolute atomic E-state index is 4.72. The fourth-order valence-electron chi connectivity index (χ4n) is 3.52. The molecule has 1 saturated carbocycles. The van der Waals surface area contributed by atoms with E-state index in [1.807, 2.05) is 0 Å². The molecule has 3 heteroatoms. The van der Waals surface area contributed by atoms with Gasteiger partial charge < -0.3 is 5.32 Å². The third kappa shape index (κ3) is 3.85. The van der Waals surface area contributed by atoms with Crippen molar-refractivity contribution >= 4 is 0 Å². The average molecular weight is 277 g/mol. The lowest BCUT2D eigenvalue weighted by molar-refractivity contribution is 0.345. The van der Waals surface area contributed by atoms with Crippen LogP contribution in [0.2, 0.25) is 0 Å². The Labute approximate surface area is 124 Å². The molecule has 3 unspecified atom stereocenters. The highest BCUT2D eigenvalue weighted by Crippen LogP contribution is 2.35. The van der Waals surface area contributed by atoms with Gasteiger partial charge in [-0.25, -0.2) is 0 Å². The molecule has 0 amide bonds. The van der Waals surface area contributed by atoms with E-state index in [1.54, 1.807) is 0 Å². The highest BCUT2D eigenvalue weighted by molar-refractivity contribution is 5.03. The van der Waals surface area contributed by atoms with E-state index in [9.17, 15) is 0 Å². The van der Waals surface area contributed by atoms with Gasteiger partial charge in [0.15, 0.2) is 0 Å². The van der Waals surface area contributed by atoms with E-state index in [0.717, 1.165) is 24.8 Å². The predicted octanol–water partition coefficient (Wildman–Crippen LogP) is 3.81. The Kier molecular flexibility index (Phi) is 5.64. The summed E-state index contributed by atoms with van der Waals surface area (Å²) in [7, 11) is 0. The van der Waals surface area contributed by atoms with Crippen LogP contribution >= 0.6 is 0 Å². The lowest BCUT2D eigenvalue weighted by Crippen LogP contribution is -2.37. The second-order valence-electron chi connectivity index (χ2n) is 6.60. The van der Waals surface area contributed by atoms with E-state index in [0.29, 0.717) is 12.1 Å². The minimum absolute atomic E-state index is 0.456. The summed E-state index contributed by atoms with van der Waals surface area (Å²) < 4.78 is 2.07. The zero-order chi connectivity index (χ0) is 14.5. The highest BCUT2D eigenvalue weighted by Gasteiger charge is 2.30. The van der Waals surface area contributed by atoms with Gasteiger partial charge in [0.2, 0.25) is 0 Å². The molecule has 3 atom stereocenters. The summed E-state index contributed by atoms with van der Waals surface area (Å²) in [6, 6.07) is 3.25. The molecular weight excluding hydrogens is 246 g/mol. The number of nitrogens with one attached hydrogen (secondary N) is 1. The van der Waals surface area contributed by atoms with Gasteiger partial charge in [0.25, 0.3) is 0 Å². The summed E-state index contributed by atoms with van der Waals surface area (Å²) in [6.07, 6.45) is 8.75. The van der Waals surface area contributed by atoms with E-state index in [2.05, 4.69) is 50.0 Å². The van der Waals surface area contributed by atoms with Crippen molar-refractivity contribution in [2.24, 2.45) is 11.8 Å². The van der Waals surface area contributed by atoms with Crippen LogP contribution in [0.3, 0.4) is 0 Å². The molecule has 114 valence electrons. The van der Waals surface area contributed by atoms with Crippen LogP contribution in [0.5, 0.6) is 0 Å². The van der Waals surface area contributed by atoms with Gasteiger partial charge in [0, 0.05) is 24.7 Å². The van der Waals surface area contributed by atoms with Gasteiger partial charge in [-0.1, -0.05) is 26.7 Å². The van der Waals surface area contributed by atoms with Crippen molar-refractivity contribution in [3.63, 3.8) is 0 Å². The van der Waals surface area contributed by atoms with Gasteiger partial charge in [-0.15, -0.1) is 0 Å². The molecule has 0 bridgehead atoms. The van der Waals surface area contributed by atoms with Crippen LogP contribution in [0.15, 0.2) is 12.3 Å². The Morgan fingerprint density at radius 3 is 2.70 bits per heavy atom. The molecule has 1 aliphatic carbocycles. The molecule has 1 aromatic rings. The first-order valence-electron chi connectivity index (χ1n) is 8.41. The summed E-state index contributed by atoms with van der Waals surface area (Å²) in [6.45, 7) is 9.97. The van der Waals surface area contributed by atoms with Gasteiger partial charge in [0.05, 0.1) is 5.69 Å². The van der Waals surface area contributed by atoms with Gasteiger partial charge in [-0.2, -0.15) is 5.10 Å². The molecule has 1 aromatic heterocycles. The van der Waals surface area contributed by atoms with Crippen molar-refractivity contribution in [1.29, 1.82) is 0 Å². The molecule has 0 aliphatic heterocycles. The smallest absolute Gasteiger partial charge is 0.0640 e. The van der Waals surface area contributed by atoms with Crippen LogP contribution in [0, 0.1) is 11.8 Å². The maximum atomic E-state index is 4.72. The fourth-order valence-corrected chi connectivity index (χ4v) is 3.52. The molecule has 0 spiro atoms. The van der Waals surface area contributed by atoms with Gasteiger partial charge >= 0.3 is 0 Å². The van der Waals surface area contributed by atoms with E-state index in [-0.39, 0.29) is 0 Å². The zero-order valence-electron chi connectivity index (χ0n) is 13.6. The van der Waals surface area contributed by atoms with Gasteiger partial charge in [-0.3, -0.25) is 4.68 Å². The topological polar surface area (TPSA) is 29.9 Å². The third-order valence-corrected chi connectivity index (χ3v) is 4.82. The molecule has 1 aliphatic rings. The Hall–Kier alpha value is -0.830. The standard InChI is InChI=1S/C17H31N3/c1-5-14-7-8-15(11-14)17(18-6-2)12-16-9-10-20(19-16)13(3)4/h9-10,13-15,17-18H,5-8,11-12H2,1-4H3. The van der Waals surface area contributed by atoms with E-state index in [1.165, 1.54) is 31.4 Å². The predicted molar refractivity (Wildman–Crippen MR) is 84.9 cm³/mol. The van der Waals surface area contributed by atoms with Crippen LogP contribution in [-0.4, -0.2) is 22.4 Å². The molecule has 1 fully saturated rings. The molecule has 1 N–H and O–H groups in total. The second-order valence-corrected chi connectivity index (χ2v) is 6.60. The summed E-state index contributed by atoms with van der Waals surface area (Å²) in [5.41, 5.74) is 1.24. The molecule has 0 radical (unpaired) electrons. The van der Waals surface area contributed by atoms with Gasteiger partial charge in [0.1, 0.15) is 0 Å². The van der Waals surface area contributed by atoms with Crippen LogP contribution in [0.25, 0.3) is 0 Å². The maximum Gasteiger partial charge on any atom is 0.0640 e. The average Bonchev–Trinajstić information content (AvgIpc) is 3.07. The van der Waals surface area contributed by atoms with Crippen LogP contribution in [0.1, 0.15) is 65.1 Å². The van der Waals surface area contributed by atoms with Crippen LogP contribution < -0.4 is 5.32 Å². The molecule has 0 saturated heterocycles. The molecule has 1 heterocycles. The number of hydrogen-bond donors (Lipinski definition) is 1. The quantitative estimate of drug-likeness (QED) is 0.821. The molecule has 3 nitrogen and oxygen atoms in total. The Balaban J connectivity index is 1.97. The van der Waals surface area contributed by atoms with E-state index < -0.39 is 0 Å². The lowest BCUT2D eigenvalue weighted by Gasteiger charge is -2.24. The molecular formula is C17H31N3. The molecule has 0 aromatic carbocycles. The van der Waals surface area contributed by atoms with Crippen molar-refractivity contribution < 1.29 is 0 Å². The minimum atomic E-state index is 0.456. The van der Waals surface area contributed by atoms with Crippen LogP contribution in [0.4, 0.5) is 0 Å². The normalized spacial score (nSPS) is 24.4. The van der Waals surface area contributed by atoms with Crippen molar-refractivity contribution in [3.8, 4) is 0 Å². The Morgan fingerprint density at radius 1 is 1.35 bits per heavy atom. The Morgan fingerprint density at radius 2 is 2.15 bits per heavy atom. The van der Waals surface area contributed by atoms with E-state index >= 15 is 0 Å². The lowest BCUT2D eigenvalue weighted by atomic mass is 9.92. The first kappa shape index (κ1) is 15.6. The van der Waals surface area contributed by atoms with Gasteiger partial charge in [-0.05, 0) is 51.1 Å². The Bertz CT molecular complexity index is 397. The largest absolute Gasteiger partial charge is 0.314 e. The van der Waals surface area contributed by atoms with Crippen molar-refractivity contribution in [2.45, 2.75) is 71.9 Å². The summed E-state index contributed by atoms with van der Waals surface area (Å²) in [5, 5.41) is 8.43. The monoisotopic (exact) mass is 277 g/mol. The zero-order valence-corrected chi connectivity index (χ0v) is 13.6. The second kappa shape index (κ2) is 7.26. The van der Waals surface area contributed by atoms with Crippen LogP contribution in [-0.2, 0) is 6.42 Å². The van der Waals surface area contributed by atoms with E-state index in [4.69, 9.17) is 5.10 Å². The number of nitrogens with zero attached hydrogens (tertiary/aromatic N) is 2. The van der Waals surface area contributed by atoms with Crippen molar-refractivity contribution in [3.05, 3.63) is 18.0 Å². The summed E-state index contributed by atoms with van der Waals surface area (Å²) in [4.78, 5) is 0. The molecule has 2 rings (SSSR count). The summed E-state index contributed by atoms with van der Waals surface area (Å²) >= 11 is 0. The number of aromatic nitrogens is 2. The fraction of sp³-hybridized carbons (Fsp3) is 0.824. The first-order chi connectivity index (χ1) is 9.63. The van der Waals surface area contributed by atoms with Crippen molar-refractivity contribution in [1.82, 2.24) is 15.1 Å². The number of rotatable bonds is 7. The SMILES string of the molecule is CCNC(Cc1ccn(C(C)C)n1)C1CCC(CC)C1. The highest BCUT2D eigenvalue weighted by atomic mass is 15.3. The minimum Gasteiger partial charge on any atom is -0.314 e. The molecule has 20 heavy (non-hydrogen) atoms. The van der Waals surface area contributed by atoms with Crippen molar-refractivity contribution in [2.75, 3.05) is 6.54 Å². The summed E-state index contributed by atoms with van der Waals surface area (Å²) in [5.74, 6) is 1.79.